The highest BCUT2D eigenvalue weighted by Crippen LogP contribution is 2.06. The van der Waals surface area contributed by atoms with Crippen molar-refractivity contribution in [2.45, 2.75) is 38.2 Å². The van der Waals surface area contributed by atoms with E-state index in [0.717, 1.165) is 6.42 Å². The lowest BCUT2D eigenvalue weighted by molar-refractivity contribution is -0.131. The number of benzene rings is 1. The van der Waals surface area contributed by atoms with Gasteiger partial charge in [0.25, 0.3) is 0 Å². The average molecular weight is 342 g/mol. The van der Waals surface area contributed by atoms with Crippen LogP contribution in [-0.2, 0) is 19.6 Å². The molecule has 0 saturated heterocycles. The molecule has 1 amide bonds. The topological polar surface area (TPSA) is 84.5 Å². The first kappa shape index (κ1) is 19.6. The van der Waals surface area contributed by atoms with Gasteiger partial charge in [0.1, 0.15) is 6.10 Å². The number of carbonyl (C=O) groups is 1. The van der Waals surface area contributed by atoms with E-state index < -0.39 is 16.1 Å². The first-order valence-corrected chi connectivity index (χ1v) is 9.25. The van der Waals surface area contributed by atoms with Crippen LogP contribution in [0.2, 0.25) is 0 Å². The van der Waals surface area contributed by atoms with E-state index in [0.29, 0.717) is 12.5 Å². The van der Waals surface area contributed by atoms with Crippen LogP contribution >= 0.6 is 0 Å². The lowest BCUT2D eigenvalue weighted by Gasteiger charge is -2.14. The molecule has 0 heterocycles. The molecule has 1 aromatic carbocycles. The number of carbonyl (C=O) groups excluding carboxylic acids is 1. The van der Waals surface area contributed by atoms with Gasteiger partial charge in [0.2, 0.25) is 15.9 Å². The smallest absolute Gasteiger partial charge is 0.248 e. The van der Waals surface area contributed by atoms with Crippen molar-refractivity contribution in [3.63, 3.8) is 0 Å². The summed E-state index contributed by atoms with van der Waals surface area (Å²) in [6.45, 7) is 6.74. The second kappa shape index (κ2) is 9.64. The summed E-state index contributed by atoms with van der Waals surface area (Å²) < 4.78 is 31.8. The molecular formula is C16H26N2O4S. The Morgan fingerprint density at radius 3 is 2.39 bits per heavy atom. The molecule has 0 aliphatic heterocycles. The largest absolute Gasteiger partial charge is 0.369 e. The van der Waals surface area contributed by atoms with Gasteiger partial charge in [0.15, 0.2) is 0 Å². The number of nitrogens with one attached hydrogen (secondary N) is 2. The summed E-state index contributed by atoms with van der Waals surface area (Å²) in [6, 6.07) is 8.11. The van der Waals surface area contributed by atoms with Crippen LogP contribution in [0.15, 0.2) is 35.2 Å². The van der Waals surface area contributed by atoms with E-state index in [2.05, 4.69) is 23.9 Å². The lowest BCUT2D eigenvalue weighted by Crippen LogP contribution is -2.39. The normalized spacial score (nSPS) is 13.0. The van der Waals surface area contributed by atoms with Crippen molar-refractivity contribution in [1.29, 1.82) is 0 Å². The standard InChI is InChI=1S/C16H26N2O4S/c1-13(2)9-12-22-14(3)16(19)17-10-11-18-23(20,21)15-7-5-4-6-8-15/h4-8,13-14,18H,9-12H2,1-3H3,(H,17,19). The SMILES string of the molecule is CC(C)CCOC(C)C(=O)NCCNS(=O)(=O)c1ccccc1. The molecule has 1 atom stereocenters. The Kier molecular flexibility index (Phi) is 8.22. The van der Waals surface area contributed by atoms with Crippen molar-refractivity contribution in [2.24, 2.45) is 5.92 Å². The predicted molar refractivity (Wildman–Crippen MR) is 89.5 cm³/mol. The second-order valence-electron chi connectivity index (χ2n) is 5.70. The van der Waals surface area contributed by atoms with Crippen molar-refractivity contribution in [3.8, 4) is 0 Å². The maximum atomic E-state index is 12.0. The predicted octanol–water partition coefficient (Wildman–Crippen LogP) is 1.53. The van der Waals surface area contributed by atoms with Gasteiger partial charge in [-0.3, -0.25) is 4.79 Å². The zero-order chi connectivity index (χ0) is 17.3. The molecule has 0 bridgehead atoms. The summed E-state index contributed by atoms with van der Waals surface area (Å²) >= 11 is 0. The number of hydrogen-bond acceptors (Lipinski definition) is 4. The van der Waals surface area contributed by atoms with E-state index in [-0.39, 0.29) is 23.9 Å². The van der Waals surface area contributed by atoms with Crippen molar-refractivity contribution >= 4 is 15.9 Å². The molecule has 7 heteroatoms. The van der Waals surface area contributed by atoms with E-state index in [1.165, 1.54) is 12.1 Å². The molecule has 0 spiro atoms. The third-order valence-electron chi connectivity index (χ3n) is 3.20. The molecule has 130 valence electrons. The highest BCUT2D eigenvalue weighted by atomic mass is 32.2. The Labute approximate surface area is 138 Å². The molecule has 0 aromatic heterocycles. The van der Waals surface area contributed by atoms with Gasteiger partial charge in [-0.15, -0.1) is 0 Å². The number of amides is 1. The van der Waals surface area contributed by atoms with Crippen LogP contribution in [0.5, 0.6) is 0 Å². The van der Waals surface area contributed by atoms with Crippen molar-refractivity contribution in [3.05, 3.63) is 30.3 Å². The van der Waals surface area contributed by atoms with E-state index in [9.17, 15) is 13.2 Å². The number of hydrogen-bond donors (Lipinski definition) is 2. The summed E-state index contributed by atoms with van der Waals surface area (Å²) in [5, 5.41) is 2.65. The maximum absolute atomic E-state index is 12.0. The summed E-state index contributed by atoms with van der Waals surface area (Å²) in [5.41, 5.74) is 0. The van der Waals surface area contributed by atoms with Gasteiger partial charge in [0, 0.05) is 19.7 Å². The summed E-state index contributed by atoms with van der Waals surface area (Å²) in [5.74, 6) is 0.283. The molecule has 1 aromatic rings. The number of rotatable bonds is 10. The molecule has 6 nitrogen and oxygen atoms in total. The minimum absolute atomic E-state index is 0.127. The van der Waals surface area contributed by atoms with Gasteiger partial charge < -0.3 is 10.1 Å². The Balaban J connectivity index is 2.27. The van der Waals surface area contributed by atoms with Crippen LogP contribution in [0.1, 0.15) is 27.2 Å². The summed E-state index contributed by atoms with van der Waals surface area (Å²) in [4.78, 5) is 12.0. The first-order chi connectivity index (χ1) is 10.8. The van der Waals surface area contributed by atoms with Crippen LogP contribution < -0.4 is 10.0 Å². The Bertz CT molecular complexity index is 573. The van der Waals surface area contributed by atoms with Crippen LogP contribution in [0.4, 0.5) is 0 Å². The lowest BCUT2D eigenvalue weighted by atomic mass is 10.1. The quantitative estimate of drug-likeness (QED) is 0.632. The van der Waals surface area contributed by atoms with Gasteiger partial charge in [-0.25, -0.2) is 13.1 Å². The number of sulfonamides is 1. The molecule has 0 aliphatic carbocycles. The highest BCUT2D eigenvalue weighted by Gasteiger charge is 2.15. The fourth-order valence-electron chi connectivity index (χ4n) is 1.75. The van der Waals surface area contributed by atoms with Crippen LogP contribution in [0, 0.1) is 5.92 Å². The maximum Gasteiger partial charge on any atom is 0.248 e. The molecule has 23 heavy (non-hydrogen) atoms. The molecule has 1 rings (SSSR count). The van der Waals surface area contributed by atoms with E-state index in [4.69, 9.17) is 4.74 Å². The first-order valence-electron chi connectivity index (χ1n) is 7.77. The van der Waals surface area contributed by atoms with E-state index in [1.54, 1.807) is 25.1 Å². The minimum atomic E-state index is -3.53. The molecular weight excluding hydrogens is 316 g/mol. The zero-order valence-electron chi connectivity index (χ0n) is 13.9. The third kappa shape index (κ3) is 7.58. The van der Waals surface area contributed by atoms with E-state index >= 15 is 0 Å². The van der Waals surface area contributed by atoms with Crippen LogP contribution in [-0.4, -0.2) is 40.1 Å². The molecule has 2 N–H and O–H groups in total. The van der Waals surface area contributed by atoms with Gasteiger partial charge >= 0.3 is 0 Å². The molecule has 0 aliphatic rings. The van der Waals surface area contributed by atoms with Gasteiger partial charge in [-0.2, -0.15) is 0 Å². The van der Waals surface area contributed by atoms with Gasteiger partial charge in [-0.1, -0.05) is 32.0 Å². The Hall–Kier alpha value is -1.44. The van der Waals surface area contributed by atoms with Crippen molar-refractivity contribution < 1.29 is 17.9 Å². The zero-order valence-corrected chi connectivity index (χ0v) is 14.7. The third-order valence-corrected chi connectivity index (χ3v) is 4.68. The fourth-order valence-corrected chi connectivity index (χ4v) is 2.81. The van der Waals surface area contributed by atoms with Gasteiger partial charge in [0.05, 0.1) is 4.90 Å². The molecule has 1 unspecified atom stereocenters. The summed E-state index contributed by atoms with van der Waals surface area (Å²) in [6.07, 6.45) is 0.355. The van der Waals surface area contributed by atoms with Crippen molar-refractivity contribution in [1.82, 2.24) is 10.0 Å². The van der Waals surface area contributed by atoms with Gasteiger partial charge in [-0.05, 0) is 31.4 Å². The van der Waals surface area contributed by atoms with Crippen LogP contribution in [0.25, 0.3) is 0 Å². The van der Waals surface area contributed by atoms with Crippen molar-refractivity contribution in [2.75, 3.05) is 19.7 Å². The highest BCUT2D eigenvalue weighted by molar-refractivity contribution is 7.89. The fraction of sp³-hybridized carbons (Fsp3) is 0.562. The Morgan fingerprint density at radius 1 is 1.13 bits per heavy atom. The Morgan fingerprint density at radius 2 is 1.78 bits per heavy atom. The molecule has 0 radical (unpaired) electrons. The monoisotopic (exact) mass is 342 g/mol. The summed E-state index contributed by atoms with van der Waals surface area (Å²) in [7, 11) is -3.53. The van der Waals surface area contributed by atoms with E-state index in [1.807, 2.05) is 0 Å². The number of ether oxygens (including phenoxy) is 1. The average Bonchev–Trinajstić information content (AvgIpc) is 2.51. The molecule has 0 saturated carbocycles. The minimum Gasteiger partial charge on any atom is -0.369 e. The second-order valence-corrected chi connectivity index (χ2v) is 7.46. The van der Waals surface area contributed by atoms with Crippen LogP contribution in [0.3, 0.4) is 0 Å². The molecule has 0 fully saturated rings.